The van der Waals surface area contributed by atoms with Crippen LogP contribution in [0.25, 0.3) is 0 Å². The summed E-state index contributed by atoms with van der Waals surface area (Å²) in [5.74, 6) is -0.263. The van der Waals surface area contributed by atoms with Gasteiger partial charge in [-0.2, -0.15) is 0 Å². The van der Waals surface area contributed by atoms with Crippen LogP contribution in [0.1, 0.15) is 26.2 Å². The first-order valence-corrected chi connectivity index (χ1v) is 5.50. The van der Waals surface area contributed by atoms with Gasteiger partial charge < -0.3 is 10.6 Å². The van der Waals surface area contributed by atoms with Crippen LogP contribution in [0.3, 0.4) is 0 Å². The fraction of sp³-hybridized carbons (Fsp3) is 0.500. The molecule has 1 aliphatic rings. The Morgan fingerprint density at radius 2 is 2.20 bits per heavy atom. The maximum atomic E-state index is 12.9. The highest BCUT2D eigenvalue weighted by Crippen LogP contribution is 2.29. The van der Waals surface area contributed by atoms with E-state index in [0.717, 1.165) is 12.2 Å². The van der Waals surface area contributed by atoms with E-state index in [4.69, 9.17) is 5.73 Å². The zero-order valence-electron chi connectivity index (χ0n) is 9.04. The number of nitrogens with two attached hydrogens (primary N) is 1. The Morgan fingerprint density at radius 3 is 2.87 bits per heavy atom. The van der Waals surface area contributed by atoms with Crippen molar-refractivity contribution in [1.29, 1.82) is 0 Å². The van der Waals surface area contributed by atoms with Crippen LogP contribution in [0.5, 0.6) is 0 Å². The van der Waals surface area contributed by atoms with Gasteiger partial charge in [-0.1, -0.05) is 0 Å². The van der Waals surface area contributed by atoms with E-state index in [1.807, 2.05) is 0 Å². The predicted octanol–water partition coefficient (Wildman–Crippen LogP) is 2.79. The monoisotopic (exact) mass is 208 g/mol. The molecule has 82 valence electrons. The van der Waals surface area contributed by atoms with Gasteiger partial charge in [0.15, 0.2) is 0 Å². The van der Waals surface area contributed by atoms with Gasteiger partial charge in [0, 0.05) is 12.6 Å². The summed E-state index contributed by atoms with van der Waals surface area (Å²) < 4.78 is 12.9. The highest BCUT2D eigenvalue weighted by atomic mass is 19.1. The first-order valence-electron chi connectivity index (χ1n) is 5.50. The molecule has 0 spiro atoms. The molecule has 15 heavy (non-hydrogen) atoms. The van der Waals surface area contributed by atoms with Crippen molar-refractivity contribution in [3.8, 4) is 0 Å². The van der Waals surface area contributed by atoms with Crippen molar-refractivity contribution in [3.63, 3.8) is 0 Å². The first-order chi connectivity index (χ1) is 7.18. The van der Waals surface area contributed by atoms with Crippen molar-refractivity contribution in [2.75, 3.05) is 17.2 Å². The van der Waals surface area contributed by atoms with E-state index < -0.39 is 0 Å². The van der Waals surface area contributed by atoms with Crippen LogP contribution < -0.4 is 10.6 Å². The normalized spacial score (nSPS) is 21.7. The van der Waals surface area contributed by atoms with Crippen molar-refractivity contribution in [3.05, 3.63) is 24.0 Å². The second-order valence-electron chi connectivity index (χ2n) is 4.24. The Balaban J connectivity index is 2.27. The number of hydrogen-bond acceptors (Lipinski definition) is 2. The molecule has 1 aromatic rings. The minimum Gasteiger partial charge on any atom is -0.397 e. The number of nitrogen functional groups attached to an aromatic ring is 1. The number of benzene rings is 1. The molecule has 3 heteroatoms. The fourth-order valence-corrected chi connectivity index (χ4v) is 2.24. The quantitative estimate of drug-likeness (QED) is 0.719. The maximum absolute atomic E-state index is 12.9. The summed E-state index contributed by atoms with van der Waals surface area (Å²) in [5.41, 5.74) is 7.35. The SMILES string of the molecule is CC1CCCCN1c1ccc(F)cc1N. The molecule has 2 N–H and O–H groups in total. The highest BCUT2D eigenvalue weighted by molar-refractivity contribution is 5.68. The van der Waals surface area contributed by atoms with E-state index in [0.29, 0.717) is 11.7 Å². The number of anilines is 2. The molecule has 1 saturated heterocycles. The third-order valence-electron chi connectivity index (χ3n) is 3.10. The van der Waals surface area contributed by atoms with E-state index >= 15 is 0 Å². The Labute approximate surface area is 89.9 Å². The van der Waals surface area contributed by atoms with Crippen LogP contribution in [-0.4, -0.2) is 12.6 Å². The third kappa shape index (κ3) is 2.06. The minimum atomic E-state index is -0.263. The number of piperidine rings is 1. The van der Waals surface area contributed by atoms with Crippen LogP contribution in [-0.2, 0) is 0 Å². The Bertz CT molecular complexity index is 351. The molecular formula is C12H17FN2. The van der Waals surface area contributed by atoms with Crippen LogP contribution >= 0.6 is 0 Å². The summed E-state index contributed by atoms with van der Waals surface area (Å²) >= 11 is 0. The van der Waals surface area contributed by atoms with Gasteiger partial charge in [-0.15, -0.1) is 0 Å². The van der Waals surface area contributed by atoms with Gasteiger partial charge in [0.05, 0.1) is 11.4 Å². The molecule has 0 radical (unpaired) electrons. The molecule has 1 atom stereocenters. The first kappa shape index (κ1) is 10.3. The molecular weight excluding hydrogens is 191 g/mol. The molecule has 2 rings (SSSR count). The summed E-state index contributed by atoms with van der Waals surface area (Å²) in [5, 5.41) is 0. The number of hydrogen-bond donors (Lipinski definition) is 1. The van der Waals surface area contributed by atoms with Gasteiger partial charge >= 0.3 is 0 Å². The Kier molecular flexibility index (Phi) is 2.80. The molecule has 0 aromatic heterocycles. The standard InChI is InChI=1S/C12H17FN2/c1-9-4-2-3-7-15(9)12-6-5-10(13)8-11(12)14/h5-6,8-9H,2-4,7,14H2,1H3. The summed E-state index contributed by atoms with van der Waals surface area (Å²) in [6, 6.07) is 5.17. The molecule has 1 aromatic carbocycles. The van der Waals surface area contributed by atoms with Crippen LogP contribution in [0.4, 0.5) is 15.8 Å². The van der Waals surface area contributed by atoms with Crippen molar-refractivity contribution in [2.24, 2.45) is 0 Å². The average molecular weight is 208 g/mol. The topological polar surface area (TPSA) is 29.3 Å². The molecule has 1 unspecified atom stereocenters. The zero-order valence-corrected chi connectivity index (χ0v) is 9.04. The van der Waals surface area contributed by atoms with E-state index in [2.05, 4.69) is 11.8 Å². The summed E-state index contributed by atoms with van der Waals surface area (Å²) in [4.78, 5) is 2.28. The lowest BCUT2D eigenvalue weighted by molar-refractivity contribution is 0.485. The summed E-state index contributed by atoms with van der Waals surface area (Å²) in [6.45, 7) is 3.22. The van der Waals surface area contributed by atoms with Crippen LogP contribution in [0.2, 0.25) is 0 Å². The van der Waals surface area contributed by atoms with Gasteiger partial charge in [-0.3, -0.25) is 0 Å². The minimum absolute atomic E-state index is 0.263. The molecule has 0 amide bonds. The Morgan fingerprint density at radius 1 is 1.40 bits per heavy atom. The van der Waals surface area contributed by atoms with Crippen molar-refractivity contribution in [1.82, 2.24) is 0 Å². The molecule has 1 fully saturated rings. The van der Waals surface area contributed by atoms with E-state index in [1.165, 1.54) is 31.4 Å². The lowest BCUT2D eigenvalue weighted by Gasteiger charge is -2.36. The van der Waals surface area contributed by atoms with Gasteiger partial charge in [0.1, 0.15) is 5.82 Å². The fourth-order valence-electron chi connectivity index (χ4n) is 2.24. The van der Waals surface area contributed by atoms with E-state index in [-0.39, 0.29) is 5.82 Å². The molecule has 0 bridgehead atoms. The van der Waals surface area contributed by atoms with Gasteiger partial charge in [0.2, 0.25) is 0 Å². The number of nitrogens with zero attached hydrogens (tertiary/aromatic N) is 1. The predicted molar refractivity (Wildman–Crippen MR) is 61.5 cm³/mol. The van der Waals surface area contributed by atoms with Crippen molar-refractivity contribution >= 4 is 11.4 Å². The lowest BCUT2D eigenvalue weighted by atomic mass is 10.0. The maximum Gasteiger partial charge on any atom is 0.125 e. The smallest absolute Gasteiger partial charge is 0.125 e. The van der Waals surface area contributed by atoms with Crippen molar-refractivity contribution < 1.29 is 4.39 Å². The highest BCUT2D eigenvalue weighted by Gasteiger charge is 2.20. The van der Waals surface area contributed by atoms with Crippen LogP contribution in [0.15, 0.2) is 18.2 Å². The Hall–Kier alpha value is -1.25. The largest absolute Gasteiger partial charge is 0.397 e. The average Bonchev–Trinajstić information content (AvgIpc) is 2.20. The number of halogens is 1. The second kappa shape index (κ2) is 4.09. The lowest BCUT2D eigenvalue weighted by Crippen LogP contribution is -2.37. The molecule has 1 heterocycles. The second-order valence-corrected chi connectivity index (χ2v) is 4.24. The van der Waals surface area contributed by atoms with Crippen LogP contribution in [0, 0.1) is 5.82 Å². The molecule has 0 saturated carbocycles. The van der Waals surface area contributed by atoms with Crippen molar-refractivity contribution in [2.45, 2.75) is 32.2 Å². The third-order valence-corrected chi connectivity index (χ3v) is 3.10. The molecule has 0 aliphatic carbocycles. The van der Waals surface area contributed by atoms with E-state index in [1.54, 1.807) is 6.07 Å². The van der Waals surface area contributed by atoms with Gasteiger partial charge in [0.25, 0.3) is 0 Å². The molecule has 1 aliphatic heterocycles. The van der Waals surface area contributed by atoms with Gasteiger partial charge in [-0.05, 0) is 44.4 Å². The zero-order chi connectivity index (χ0) is 10.8. The summed E-state index contributed by atoms with van der Waals surface area (Å²) in [7, 11) is 0. The summed E-state index contributed by atoms with van der Waals surface area (Å²) in [6.07, 6.45) is 3.66. The molecule has 2 nitrogen and oxygen atoms in total. The number of rotatable bonds is 1. The van der Waals surface area contributed by atoms with Gasteiger partial charge in [-0.25, -0.2) is 4.39 Å². The van der Waals surface area contributed by atoms with E-state index in [9.17, 15) is 4.39 Å².